The van der Waals surface area contributed by atoms with Crippen molar-refractivity contribution in [3.63, 3.8) is 0 Å². The van der Waals surface area contributed by atoms with E-state index in [4.69, 9.17) is 4.42 Å². The second-order valence-electron chi connectivity index (χ2n) is 7.13. The van der Waals surface area contributed by atoms with Gasteiger partial charge in [0.15, 0.2) is 5.58 Å². The first-order valence-corrected chi connectivity index (χ1v) is 9.62. The Labute approximate surface area is 176 Å². The Morgan fingerprint density at radius 2 is 1.68 bits per heavy atom. The van der Waals surface area contributed by atoms with Crippen LogP contribution in [0.15, 0.2) is 71.4 Å². The molecule has 0 radical (unpaired) electrons. The number of hydrogen-bond acceptors (Lipinski definition) is 6. The van der Waals surface area contributed by atoms with Gasteiger partial charge in [-0.2, -0.15) is 0 Å². The molecule has 31 heavy (non-hydrogen) atoms. The molecule has 0 bridgehead atoms. The van der Waals surface area contributed by atoms with Gasteiger partial charge in [0.1, 0.15) is 11.6 Å². The smallest absolute Gasteiger partial charge is 0.262 e. The summed E-state index contributed by atoms with van der Waals surface area (Å²) < 4.78 is 5.80. The third-order valence-electron chi connectivity index (χ3n) is 5.18. The number of benzene rings is 2. The van der Waals surface area contributed by atoms with Crippen molar-refractivity contribution in [3.05, 3.63) is 78.1 Å². The first kappa shape index (κ1) is 18.7. The Morgan fingerprint density at radius 1 is 1.00 bits per heavy atom. The number of oxazole rings is 1. The maximum Gasteiger partial charge on any atom is 0.262 e. The number of anilines is 1. The molecule has 3 heterocycles. The molecule has 0 saturated heterocycles. The van der Waals surface area contributed by atoms with Crippen LogP contribution in [0.5, 0.6) is 0 Å². The number of carbonyl (C=O) groups is 3. The van der Waals surface area contributed by atoms with E-state index in [1.165, 1.54) is 6.92 Å². The number of pyridine rings is 1. The average Bonchev–Trinajstić information content (AvgIpc) is 3.33. The van der Waals surface area contributed by atoms with Crippen LogP contribution in [0.3, 0.4) is 0 Å². The minimum atomic E-state index is -0.981. The number of imide groups is 1. The van der Waals surface area contributed by atoms with E-state index in [-0.39, 0.29) is 0 Å². The van der Waals surface area contributed by atoms with E-state index < -0.39 is 23.8 Å². The zero-order valence-electron chi connectivity index (χ0n) is 16.4. The predicted molar refractivity (Wildman–Crippen MR) is 112 cm³/mol. The number of hydrogen-bond donors (Lipinski definition) is 1. The summed E-state index contributed by atoms with van der Waals surface area (Å²) >= 11 is 0. The third-order valence-corrected chi connectivity index (χ3v) is 5.18. The highest BCUT2D eigenvalue weighted by atomic mass is 16.3. The monoisotopic (exact) mass is 412 g/mol. The molecule has 2 aromatic carbocycles. The maximum absolute atomic E-state index is 12.8. The van der Waals surface area contributed by atoms with Gasteiger partial charge in [-0.25, -0.2) is 4.98 Å². The van der Waals surface area contributed by atoms with Crippen LogP contribution >= 0.6 is 0 Å². The first-order chi connectivity index (χ1) is 15.0. The Balaban J connectivity index is 1.37. The molecule has 0 saturated carbocycles. The maximum atomic E-state index is 12.8. The highest BCUT2D eigenvalue weighted by Gasteiger charge is 2.40. The summed E-state index contributed by atoms with van der Waals surface area (Å²) in [7, 11) is 0. The lowest BCUT2D eigenvalue weighted by molar-refractivity contribution is -0.119. The summed E-state index contributed by atoms with van der Waals surface area (Å²) in [4.78, 5) is 47.4. The quantitative estimate of drug-likeness (QED) is 0.514. The molecule has 0 spiro atoms. The van der Waals surface area contributed by atoms with E-state index in [2.05, 4.69) is 15.3 Å². The fraction of sp³-hybridized carbons (Fsp3) is 0.0870. The van der Waals surface area contributed by atoms with Crippen molar-refractivity contribution >= 4 is 34.5 Å². The molecule has 5 rings (SSSR count). The van der Waals surface area contributed by atoms with Crippen LogP contribution in [0.4, 0.5) is 5.69 Å². The SMILES string of the molecule is CC(C(=O)Nc1ccc2nc(-c3ccncc3)oc2c1)N1C(=O)c2ccccc2C1=O. The Bertz CT molecular complexity index is 1310. The second-order valence-corrected chi connectivity index (χ2v) is 7.13. The van der Waals surface area contributed by atoms with Gasteiger partial charge >= 0.3 is 0 Å². The summed E-state index contributed by atoms with van der Waals surface area (Å²) in [6.45, 7) is 1.52. The Hall–Kier alpha value is -4.33. The number of nitrogens with zero attached hydrogens (tertiary/aromatic N) is 3. The van der Waals surface area contributed by atoms with Gasteiger partial charge in [0, 0.05) is 29.7 Å². The van der Waals surface area contributed by atoms with Crippen molar-refractivity contribution in [1.82, 2.24) is 14.9 Å². The van der Waals surface area contributed by atoms with Crippen LogP contribution in [-0.4, -0.2) is 38.6 Å². The van der Waals surface area contributed by atoms with E-state index in [1.807, 2.05) is 0 Å². The van der Waals surface area contributed by atoms with Crippen molar-refractivity contribution in [2.24, 2.45) is 0 Å². The zero-order valence-corrected chi connectivity index (χ0v) is 16.4. The fourth-order valence-corrected chi connectivity index (χ4v) is 3.54. The third kappa shape index (κ3) is 3.14. The second kappa shape index (κ2) is 7.17. The minimum absolute atomic E-state index is 0.305. The largest absolute Gasteiger partial charge is 0.436 e. The fourth-order valence-electron chi connectivity index (χ4n) is 3.54. The zero-order chi connectivity index (χ0) is 21.5. The van der Waals surface area contributed by atoms with Gasteiger partial charge in [-0.1, -0.05) is 12.1 Å². The van der Waals surface area contributed by atoms with Crippen LogP contribution in [0, 0.1) is 0 Å². The van der Waals surface area contributed by atoms with E-state index >= 15 is 0 Å². The summed E-state index contributed by atoms with van der Waals surface area (Å²) in [5, 5.41) is 2.74. The van der Waals surface area contributed by atoms with Crippen molar-refractivity contribution < 1.29 is 18.8 Å². The van der Waals surface area contributed by atoms with Crippen molar-refractivity contribution in [2.45, 2.75) is 13.0 Å². The van der Waals surface area contributed by atoms with Gasteiger partial charge < -0.3 is 9.73 Å². The standard InChI is InChI=1S/C23H16N4O4/c1-13(27-22(29)16-4-2-3-5-17(16)23(27)30)20(28)25-15-6-7-18-19(12-15)31-21(26-18)14-8-10-24-11-9-14/h2-13H,1H3,(H,25,28). The van der Waals surface area contributed by atoms with Crippen LogP contribution in [0.1, 0.15) is 27.6 Å². The number of fused-ring (bicyclic) bond motifs is 2. The van der Waals surface area contributed by atoms with Crippen molar-refractivity contribution in [2.75, 3.05) is 5.32 Å². The molecule has 1 atom stereocenters. The molecule has 1 N–H and O–H groups in total. The molecule has 2 aromatic heterocycles. The molecule has 1 unspecified atom stereocenters. The summed E-state index contributed by atoms with van der Waals surface area (Å²) in [5.74, 6) is -0.991. The molecular weight excluding hydrogens is 396 g/mol. The molecule has 8 nitrogen and oxygen atoms in total. The van der Waals surface area contributed by atoms with Crippen LogP contribution in [0.2, 0.25) is 0 Å². The van der Waals surface area contributed by atoms with Gasteiger partial charge in [0.25, 0.3) is 11.8 Å². The molecule has 1 aliphatic heterocycles. The van der Waals surface area contributed by atoms with E-state index in [0.717, 1.165) is 10.5 Å². The van der Waals surface area contributed by atoms with Gasteiger partial charge in [0.05, 0.1) is 11.1 Å². The van der Waals surface area contributed by atoms with Crippen LogP contribution in [-0.2, 0) is 4.79 Å². The summed E-state index contributed by atoms with van der Waals surface area (Å²) in [5.41, 5.74) is 3.00. The van der Waals surface area contributed by atoms with Gasteiger partial charge in [0.2, 0.25) is 11.8 Å². The van der Waals surface area contributed by atoms with Crippen LogP contribution < -0.4 is 5.32 Å². The molecule has 3 amide bonds. The van der Waals surface area contributed by atoms with E-state index in [9.17, 15) is 14.4 Å². The van der Waals surface area contributed by atoms with E-state index in [1.54, 1.807) is 67.0 Å². The minimum Gasteiger partial charge on any atom is -0.436 e. The molecule has 0 aliphatic carbocycles. The lowest BCUT2D eigenvalue weighted by atomic mass is 10.1. The Morgan fingerprint density at radius 3 is 2.35 bits per heavy atom. The van der Waals surface area contributed by atoms with Crippen molar-refractivity contribution in [1.29, 1.82) is 0 Å². The normalized spacial score (nSPS) is 14.0. The lowest BCUT2D eigenvalue weighted by Crippen LogP contribution is -2.45. The molecule has 152 valence electrons. The highest BCUT2D eigenvalue weighted by molar-refractivity contribution is 6.23. The van der Waals surface area contributed by atoms with Crippen LogP contribution in [0.25, 0.3) is 22.6 Å². The van der Waals surface area contributed by atoms with Gasteiger partial charge in [-0.15, -0.1) is 0 Å². The summed E-state index contributed by atoms with van der Waals surface area (Å²) in [6, 6.07) is 14.2. The predicted octanol–water partition coefficient (Wildman–Crippen LogP) is 3.51. The summed E-state index contributed by atoms with van der Waals surface area (Å²) in [6.07, 6.45) is 3.30. The molecular formula is C23H16N4O4. The lowest BCUT2D eigenvalue weighted by Gasteiger charge is -2.21. The number of nitrogens with one attached hydrogen (secondary N) is 1. The number of carbonyl (C=O) groups excluding carboxylic acids is 3. The molecule has 8 heteroatoms. The Kier molecular flexibility index (Phi) is 4.32. The van der Waals surface area contributed by atoms with Gasteiger partial charge in [-0.05, 0) is 43.3 Å². The number of amides is 3. The van der Waals surface area contributed by atoms with E-state index in [0.29, 0.717) is 33.8 Å². The van der Waals surface area contributed by atoms with Gasteiger partial charge in [-0.3, -0.25) is 24.3 Å². The number of aromatic nitrogens is 2. The highest BCUT2D eigenvalue weighted by Crippen LogP contribution is 2.27. The topological polar surface area (TPSA) is 105 Å². The molecule has 4 aromatic rings. The molecule has 0 fully saturated rings. The average molecular weight is 412 g/mol. The first-order valence-electron chi connectivity index (χ1n) is 9.62. The molecule has 1 aliphatic rings. The van der Waals surface area contributed by atoms with Crippen molar-refractivity contribution in [3.8, 4) is 11.5 Å². The number of rotatable bonds is 4.